The van der Waals surface area contributed by atoms with Crippen LogP contribution in [0.25, 0.3) is 0 Å². The third kappa shape index (κ3) is 2.73. The highest BCUT2D eigenvalue weighted by molar-refractivity contribution is 9.10. The minimum Gasteiger partial charge on any atom is -0.454 e. The monoisotopic (exact) mass is 301 g/mol. The first kappa shape index (κ1) is 12.7. The van der Waals surface area contributed by atoms with Gasteiger partial charge in [0.2, 0.25) is 6.79 Å². The molecule has 94 valence electrons. The van der Waals surface area contributed by atoms with Crippen molar-refractivity contribution in [3.63, 3.8) is 0 Å². The Balaban J connectivity index is 2.22. The van der Waals surface area contributed by atoms with Crippen LogP contribution >= 0.6 is 15.9 Å². The molecule has 17 heavy (non-hydrogen) atoms. The van der Waals surface area contributed by atoms with Crippen LogP contribution in [0.3, 0.4) is 0 Å². The molecule has 5 heteroatoms. The van der Waals surface area contributed by atoms with Crippen molar-refractivity contribution < 1.29 is 14.6 Å². The molecule has 0 bridgehead atoms. The zero-order valence-corrected chi connectivity index (χ0v) is 11.3. The molecule has 0 saturated heterocycles. The summed E-state index contributed by atoms with van der Waals surface area (Å²) in [7, 11) is 0. The van der Waals surface area contributed by atoms with E-state index in [1.165, 1.54) is 0 Å². The summed E-state index contributed by atoms with van der Waals surface area (Å²) in [6.45, 7) is 3.28. The Morgan fingerprint density at radius 2 is 2.29 bits per heavy atom. The smallest absolute Gasteiger partial charge is 0.231 e. The average Bonchev–Trinajstić information content (AvgIpc) is 2.79. The van der Waals surface area contributed by atoms with E-state index in [9.17, 15) is 5.11 Å². The fraction of sp³-hybridized carbons (Fsp3) is 0.500. The van der Waals surface area contributed by atoms with Gasteiger partial charge in [-0.05, 0) is 46.6 Å². The van der Waals surface area contributed by atoms with Gasteiger partial charge >= 0.3 is 0 Å². The number of ether oxygens (including phenoxy) is 2. The van der Waals surface area contributed by atoms with Crippen LogP contribution in [0.2, 0.25) is 0 Å². The van der Waals surface area contributed by atoms with Gasteiger partial charge in [0.25, 0.3) is 0 Å². The second-order valence-electron chi connectivity index (χ2n) is 3.93. The standard InChI is InChI=1S/C12H16BrNO3/c1-2-3-14-10(6-15)8-4-9(13)12-11(5-8)16-7-17-12/h4-5,10,14-15H,2-3,6-7H2,1H3. The average molecular weight is 302 g/mol. The maximum Gasteiger partial charge on any atom is 0.231 e. The molecular weight excluding hydrogens is 286 g/mol. The van der Waals surface area contributed by atoms with Crippen molar-refractivity contribution in [3.05, 3.63) is 22.2 Å². The lowest BCUT2D eigenvalue weighted by molar-refractivity contribution is 0.173. The number of rotatable bonds is 5. The lowest BCUT2D eigenvalue weighted by Gasteiger charge is -2.17. The highest BCUT2D eigenvalue weighted by Gasteiger charge is 2.20. The molecule has 1 unspecified atom stereocenters. The molecule has 0 saturated carbocycles. The molecule has 0 spiro atoms. The maximum absolute atomic E-state index is 9.40. The van der Waals surface area contributed by atoms with E-state index in [0.717, 1.165) is 34.5 Å². The van der Waals surface area contributed by atoms with Crippen molar-refractivity contribution in [2.24, 2.45) is 0 Å². The number of hydrogen-bond acceptors (Lipinski definition) is 4. The Labute approximate surface area is 109 Å². The van der Waals surface area contributed by atoms with Crippen LogP contribution in [-0.2, 0) is 0 Å². The van der Waals surface area contributed by atoms with E-state index >= 15 is 0 Å². The van der Waals surface area contributed by atoms with Crippen molar-refractivity contribution in [2.45, 2.75) is 19.4 Å². The third-order valence-electron chi connectivity index (χ3n) is 2.68. The van der Waals surface area contributed by atoms with Gasteiger partial charge in [0, 0.05) is 0 Å². The summed E-state index contributed by atoms with van der Waals surface area (Å²) in [6.07, 6.45) is 1.03. The van der Waals surface area contributed by atoms with Crippen LogP contribution in [0.4, 0.5) is 0 Å². The third-order valence-corrected chi connectivity index (χ3v) is 3.26. The van der Waals surface area contributed by atoms with E-state index in [-0.39, 0.29) is 19.4 Å². The van der Waals surface area contributed by atoms with E-state index in [1.54, 1.807) is 0 Å². The van der Waals surface area contributed by atoms with Gasteiger partial charge in [-0.2, -0.15) is 0 Å². The largest absolute Gasteiger partial charge is 0.454 e. The number of halogens is 1. The topological polar surface area (TPSA) is 50.7 Å². The van der Waals surface area contributed by atoms with Gasteiger partial charge in [-0.1, -0.05) is 6.92 Å². The quantitative estimate of drug-likeness (QED) is 0.875. The Hall–Kier alpha value is -0.780. The molecule has 1 aromatic carbocycles. The van der Waals surface area contributed by atoms with Gasteiger partial charge in [-0.15, -0.1) is 0 Å². The zero-order valence-electron chi connectivity index (χ0n) is 9.70. The predicted molar refractivity (Wildman–Crippen MR) is 68.4 cm³/mol. The first-order valence-corrected chi connectivity index (χ1v) is 6.48. The second kappa shape index (κ2) is 5.71. The van der Waals surface area contributed by atoms with Gasteiger partial charge in [-0.25, -0.2) is 0 Å². The Morgan fingerprint density at radius 1 is 1.47 bits per heavy atom. The van der Waals surface area contributed by atoms with Gasteiger partial charge in [0.1, 0.15) is 0 Å². The van der Waals surface area contributed by atoms with Crippen molar-refractivity contribution in [1.29, 1.82) is 0 Å². The van der Waals surface area contributed by atoms with E-state index in [4.69, 9.17) is 9.47 Å². The first-order chi connectivity index (χ1) is 8.26. The summed E-state index contributed by atoms with van der Waals surface area (Å²) < 4.78 is 11.5. The van der Waals surface area contributed by atoms with Gasteiger partial charge in [-0.3, -0.25) is 0 Å². The van der Waals surface area contributed by atoms with Crippen molar-refractivity contribution in [3.8, 4) is 11.5 Å². The fourth-order valence-electron chi connectivity index (χ4n) is 1.79. The molecule has 0 amide bonds. The summed E-state index contributed by atoms with van der Waals surface area (Å²) >= 11 is 3.45. The van der Waals surface area contributed by atoms with Crippen molar-refractivity contribution in [2.75, 3.05) is 19.9 Å². The van der Waals surface area contributed by atoms with Gasteiger partial charge in [0.05, 0.1) is 17.1 Å². The molecule has 1 atom stereocenters. The molecule has 1 aliphatic rings. The number of aliphatic hydroxyl groups is 1. The minimum absolute atomic E-state index is 0.0616. The van der Waals surface area contributed by atoms with Crippen LogP contribution < -0.4 is 14.8 Å². The summed E-state index contributed by atoms with van der Waals surface area (Å²) in [4.78, 5) is 0. The van der Waals surface area contributed by atoms with Crippen LogP contribution in [0.1, 0.15) is 24.9 Å². The normalized spacial score (nSPS) is 15.0. The number of benzene rings is 1. The van der Waals surface area contributed by atoms with Gasteiger partial charge < -0.3 is 19.9 Å². The van der Waals surface area contributed by atoms with Crippen LogP contribution in [-0.4, -0.2) is 25.1 Å². The number of aliphatic hydroxyl groups excluding tert-OH is 1. The van der Waals surface area contributed by atoms with Gasteiger partial charge in [0.15, 0.2) is 11.5 Å². The molecular formula is C12H16BrNO3. The molecule has 1 aliphatic heterocycles. The summed E-state index contributed by atoms with van der Waals surface area (Å²) in [5, 5.41) is 12.7. The molecule has 0 fully saturated rings. The maximum atomic E-state index is 9.40. The van der Waals surface area contributed by atoms with E-state index in [2.05, 4.69) is 28.2 Å². The molecule has 2 rings (SSSR count). The predicted octanol–water partition coefficient (Wildman–Crippen LogP) is 2.21. The fourth-order valence-corrected chi connectivity index (χ4v) is 2.37. The van der Waals surface area contributed by atoms with Crippen LogP contribution in [0.15, 0.2) is 16.6 Å². The Kier molecular flexibility index (Phi) is 4.25. The molecule has 1 heterocycles. The summed E-state index contributed by atoms with van der Waals surface area (Å²) in [5.41, 5.74) is 0.997. The van der Waals surface area contributed by atoms with E-state index < -0.39 is 0 Å². The van der Waals surface area contributed by atoms with E-state index in [0.29, 0.717) is 0 Å². The van der Waals surface area contributed by atoms with Crippen molar-refractivity contribution in [1.82, 2.24) is 5.32 Å². The van der Waals surface area contributed by atoms with Crippen LogP contribution in [0.5, 0.6) is 11.5 Å². The highest BCUT2D eigenvalue weighted by atomic mass is 79.9. The van der Waals surface area contributed by atoms with Crippen LogP contribution in [0, 0.1) is 0 Å². The molecule has 1 aromatic rings. The molecule has 0 radical (unpaired) electrons. The number of nitrogens with one attached hydrogen (secondary N) is 1. The second-order valence-corrected chi connectivity index (χ2v) is 4.78. The summed E-state index contributed by atoms with van der Waals surface area (Å²) in [6, 6.07) is 3.80. The first-order valence-electron chi connectivity index (χ1n) is 5.69. The lowest BCUT2D eigenvalue weighted by Crippen LogP contribution is -2.25. The highest BCUT2D eigenvalue weighted by Crippen LogP contribution is 2.41. The lowest BCUT2D eigenvalue weighted by atomic mass is 10.1. The number of hydrogen-bond donors (Lipinski definition) is 2. The molecule has 2 N–H and O–H groups in total. The minimum atomic E-state index is -0.0688. The van der Waals surface area contributed by atoms with E-state index in [1.807, 2.05) is 12.1 Å². The SMILES string of the molecule is CCCNC(CO)c1cc(Br)c2c(c1)OCO2. The van der Waals surface area contributed by atoms with Crippen molar-refractivity contribution >= 4 is 15.9 Å². The molecule has 4 nitrogen and oxygen atoms in total. The Bertz CT molecular complexity index is 398. The Morgan fingerprint density at radius 3 is 3.00 bits per heavy atom. The zero-order chi connectivity index (χ0) is 12.3. The number of fused-ring (bicyclic) bond motifs is 1. The molecule has 0 aliphatic carbocycles. The summed E-state index contributed by atoms with van der Waals surface area (Å²) in [5.74, 6) is 1.46. The molecule has 0 aromatic heterocycles.